The lowest BCUT2D eigenvalue weighted by atomic mass is 10.2. The Labute approximate surface area is 144 Å². The van der Waals surface area contributed by atoms with E-state index in [0.29, 0.717) is 10.2 Å². The van der Waals surface area contributed by atoms with Crippen molar-refractivity contribution >= 4 is 50.3 Å². The van der Waals surface area contributed by atoms with E-state index in [0.717, 1.165) is 0 Å². The van der Waals surface area contributed by atoms with Crippen LogP contribution in [0.1, 0.15) is 0 Å². The lowest BCUT2D eigenvalue weighted by Crippen LogP contribution is -2.20. The number of thiocarbonyl (C=S) groups is 1. The van der Waals surface area contributed by atoms with Crippen LogP contribution in [0.5, 0.6) is 5.75 Å². The molecule has 0 spiro atoms. The topological polar surface area (TPSA) is 76.4 Å². The second kappa shape index (κ2) is 7.34. The van der Waals surface area contributed by atoms with Crippen LogP contribution in [-0.2, 0) is 0 Å². The second-order valence-corrected chi connectivity index (χ2v) is 5.67. The van der Waals surface area contributed by atoms with Gasteiger partial charge >= 0.3 is 0 Å². The third-order valence-corrected chi connectivity index (χ3v) is 3.52. The normalized spacial score (nSPS) is 10.0. The Morgan fingerprint density at radius 2 is 1.91 bits per heavy atom. The fourth-order valence-electron chi connectivity index (χ4n) is 1.76. The summed E-state index contributed by atoms with van der Waals surface area (Å²) in [5.41, 5.74) is 0.518. The van der Waals surface area contributed by atoms with Crippen molar-refractivity contribution in [2.75, 3.05) is 17.7 Å². The molecule has 0 saturated carbocycles. The molecule has 9 heteroatoms. The molecular formula is C14H11BrFN3O3S. The Kier molecular flexibility index (Phi) is 5.45. The van der Waals surface area contributed by atoms with E-state index in [-0.39, 0.29) is 22.2 Å². The average Bonchev–Trinajstić information content (AvgIpc) is 2.50. The summed E-state index contributed by atoms with van der Waals surface area (Å²) in [7, 11) is 1.38. The van der Waals surface area contributed by atoms with Crippen molar-refractivity contribution in [1.82, 2.24) is 0 Å². The molecule has 0 aliphatic carbocycles. The van der Waals surface area contributed by atoms with E-state index in [4.69, 9.17) is 17.0 Å². The highest BCUT2D eigenvalue weighted by molar-refractivity contribution is 9.10. The number of hydrogen-bond donors (Lipinski definition) is 2. The molecule has 2 rings (SSSR count). The van der Waals surface area contributed by atoms with E-state index in [2.05, 4.69) is 26.6 Å². The van der Waals surface area contributed by atoms with Gasteiger partial charge in [-0.2, -0.15) is 0 Å². The molecule has 2 aromatic carbocycles. The number of nitrogens with one attached hydrogen (secondary N) is 2. The van der Waals surface area contributed by atoms with Gasteiger partial charge in [-0.15, -0.1) is 0 Å². The highest BCUT2D eigenvalue weighted by Crippen LogP contribution is 2.29. The minimum absolute atomic E-state index is 0.106. The zero-order valence-corrected chi connectivity index (χ0v) is 14.2. The van der Waals surface area contributed by atoms with Crippen molar-refractivity contribution in [2.24, 2.45) is 0 Å². The molecule has 2 aromatic rings. The van der Waals surface area contributed by atoms with Crippen LogP contribution < -0.4 is 15.4 Å². The Bertz CT molecular complexity index is 773. The van der Waals surface area contributed by atoms with Crippen LogP contribution >= 0.6 is 28.1 Å². The summed E-state index contributed by atoms with van der Waals surface area (Å²) >= 11 is 8.28. The van der Waals surface area contributed by atoms with E-state index < -0.39 is 10.7 Å². The quantitative estimate of drug-likeness (QED) is 0.453. The molecule has 0 saturated heterocycles. The number of anilines is 2. The summed E-state index contributed by atoms with van der Waals surface area (Å²) in [6, 6.07) is 8.54. The summed E-state index contributed by atoms with van der Waals surface area (Å²) in [6.07, 6.45) is 0. The lowest BCUT2D eigenvalue weighted by molar-refractivity contribution is -0.384. The highest BCUT2D eigenvalue weighted by atomic mass is 79.9. The molecule has 0 bridgehead atoms. The van der Waals surface area contributed by atoms with E-state index in [9.17, 15) is 14.5 Å². The van der Waals surface area contributed by atoms with E-state index >= 15 is 0 Å². The number of benzene rings is 2. The fourth-order valence-corrected chi connectivity index (χ4v) is 2.32. The molecule has 0 aromatic heterocycles. The number of ether oxygens (including phenoxy) is 1. The zero-order valence-electron chi connectivity index (χ0n) is 11.8. The summed E-state index contributed by atoms with van der Waals surface area (Å²) < 4.78 is 19.5. The van der Waals surface area contributed by atoms with Gasteiger partial charge in [0.2, 0.25) is 0 Å². The second-order valence-electron chi connectivity index (χ2n) is 4.34. The molecule has 120 valence electrons. The number of hydrogen-bond acceptors (Lipinski definition) is 4. The number of nitrogens with zero attached hydrogens (tertiary/aromatic N) is 1. The van der Waals surface area contributed by atoms with Crippen molar-refractivity contribution in [3.63, 3.8) is 0 Å². The number of halogens is 2. The maximum atomic E-state index is 13.8. The number of methoxy groups -OCH3 is 1. The molecule has 0 atom stereocenters. The van der Waals surface area contributed by atoms with Gasteiger partial charge in [0.15, 0.2) is 5.11 Å². The first-order valence-electron chi connectivity index (χ1n) is 6.26. The molecule has 0 amide bonds. The third kappa shape index (κ3) is 4.36. The molecular weight excluding hydrogens is 389 g/mol. The molecule has 6 nitrogen and oxygen atoms in total. The molecule has 23 heavy (non-hydrogen) atoms. The van der Waals surface area contributed by atoms with Crippen LogP contribution in [0.3, 0.4) is 0 Å². The Morgan fingerprint density at radius 1 is 1.26 bits per heavy atom. The predicted octanol–water partition coefficient (Wildman–Crippen LogP) is 4.31. The summed E-state index contributed by atoms with van der Waals surface area (Å²) in [6.45, 7) is 0. The van der Waals surface area contributed by atoms with Crippen LogP contribution in [0, 0.1) is 15.9 Å². The number of nitro groups is 1. The minimum atomic E-state index is -0.528. The van der Waals surface area contributed by atoms with Crippen molar-refractivity contribution in [3.8, 4) is 5.75 Å². The van der Waals surface area contributed by atoms with E-state index in [1.54, 1.807) is 6.07 Å². The number of non-ortho nitro benzene ring substituents is 1. The fraction of sp³-hybridized carbons (Fsp3) is 0.0714. The molecule has 0 unspecified atom stereocenters. The van der Waals surface area contributed by atoms with Gasteiger partial charge in [-0.05, 0) is 36.5 Å². The first-order valence-corrected chi connectivity index (χ1v) is 7.46. The third-order valence-electron chi connectivity index (χ3n) is 2.82. The Hall–Kier alpha value is -2.26. The number of rotatable bonds is 4. The van der Waals surface area contributed by atoms with Gasteiger partial charge < -0.3 is 15.4 Å². The average molecular weight is 400 g/mol. The highest BCUT2D eigenvalue weighted by Gasteiger charge is 2.13. The summed E-state index contributed by atoms with van der Waals surface area (Å²) in [5, 5.41) is 16.4. The van der Waals surface area contributed by atoms with Gasteiger partial charge in [0, 0.05) is 10.5 Å². The first-order chi connectivity index (χ1) is 10.9. The lowest BCUT2D eigenvalue weighted by Gasteiger charge is -2.13. The van der Waals surface area contributed by atoms with E-state index in [1.807, 2.05) is 0 Å². The van der Waals surface area contributed by atoms with Gasteiger partial charge in [-0.1, -0.05) is 15.9 Å². The van der Waals surface area contributed by atoms with Crippen molar-refractivity contribution in [3.05, 3.63) is 56.8 Å². The maximum absolute atomic E-state index is 13.8. The largest absolute Gasteiger partial charge is 0.494 e. The van der Waals surface area contributed by atoms with Gasteiger partial charge in [0.1, 0.15) is 11.6 Å². The minimum Gasteiger partial charge on any atom is -0.494 e. The first kappa shape index (κ1) is 17.1. The monoisotopic (exact) mass is 399 g/mol. The SMILES string of the molecule is COc1cc([N+](=O)[O-])ccc1NC(=S)Nc1ccc(Br)cc1F. The molecule has 0 aliphatic rings. The Balaban J connectivity index is 2.15. The molecule has 2 N–H and O–H groups in total. The standard InChI is InChI=1S/C14H11BrFN3O3S/c1-22-13-7-9(19(20)21)3-5-12(13)18-14(23)17-11-4-2-8(15)6-10(11)16/h2-7H,1H3,(H2,17,18,23). The van der Waals surface area contributed by atoms with Crippen LogP contribution in [0.2, 0.25) is 0 Å². The summed E-state index contributed by atoms with van der Waals surface area (Å²) in [4.78, 5) is 10.2. The van der Waals surface area contributed by atoms with Crippen molar-refractivity contribution in [1.29, 1.82) is 0 Å². The maximum Gasteiger partial charge on any atom is 0.273 e. The molecule has 0 radical (unpaired) electrons. The summed E-state index contributed by atoms with van der Waals surface area (Å²) in [5.74, 6) is -0.223. The van der Waals surface area contributed by atoms with Gasteiger partial charge in [0.25, 0.3) is 5.69 Å². The molecule has 0 aliphatic heterocycles. The van der Waals surface area contributed by atoms with Gasteiger partial charge in [-0.25, -0.2) is 4.39 Å². The molecule has 0 fully saturated rings. The predicted molar refractivity (Wildman–Crippen MR) is 93.6 cm³/mol. The smallest absolute Gasteiger partial charge is 0.273 e. The van der Waals surface area contributed by atoms with Crippen LogP contribution in [0.4, 0.5) is 21.5 Å². The zero-order chi connectivity index (χ0) is 17.0. The Morgan fingerprint density at radius 3 is 2.52 bits per heavy atom. The van der Waals surface area contributed by atoms with Gasteiger partial charge in [-0.3, -0.25) is 10.1 Å². The van der Waals surface area contributed by atoms with E-state index in [1.165, 1.54) is 37.4 Å². The van der Waals surface area contributed by atoms with Crippen LogP contribution in [-0.4, -0.2) is 17.1 Å². The van der Waals surface area contributed by atoms with Crippen LogP contribution in [0.25, 0.3) is 0 Å². The van der Waals surface area contributed by atoms with Crippen LogP contribution in [0.15, 0.2) is 40.9 Å². The molecule has 0 heterocycles. The van der Waals surface area contributed by atoms with Gasteiger partial charge in [0.05, 0.1) is 29.5 Å². The van der Waals surface area contributed by atoms with Crippen molar-refractivity contribution < 1.29 is 14.1 Å². The van der Waals surface area contributed by atoms with Crippen molar-refractivity contribution in [2.45, 2.75) is 0 Å². The number of nitro benzene ring substituents is 1.